The summed E-state index contributed by atoms with van der Waals surface area (Å²) < 4.78 is 0. The summed E-state index contributed by atoms with van der Waals surface area (Å²) in [5.41, 5.74) is -0.484. The second kappa shape index (κ2) is 3.66. The minimum atomic E-state index is -0.667. The fraction of sp³-hybridized carbons (Fsp3) is 1.00. The lowest BCUT2D eigenvalue weighted by Crippen LogP contribution is -2.69. The average molecular weight is 298 g/mol. The number of hydrogen-bond donors (Lipinski definition) is 0. The third-order valence-electron chi connectivity index (χ3n) is 6.59. The molecule has 4 heteroatoms. The van der Waals surface area contributed by atoms with Gasteiger partial charge in [-0.1, -0.05) is 48.5 Å². The summed E-state index contributed by atoms with van der Waals surface area (Å²) in [6, 6.07) is 0. The molecule has 0 amide bonds. The van der Waals surface area contributed by atoms with Gasteiger partial charge >= 0.3 is 0 Å². The largest absolute Gasteiger partial charge is 0.251 e. The molecule has 1 unspecified atom stereocenters. The summed E-state index contributed by atoms with van der Waals surface area (Å²) in [7, 11) is 0. The molecule has 0 aromatic heterocycles. The Morgan fingerprint density at radius 3 is 1.52 bits per heavy atom. The number of rotatable bonds is 0. The molecule has 1 aliphatic carbocycles. The van der Waals surface area contributed by atoms with E-state index in [-0.39, 0.29) is 27.6 Å². The van der Waals surface area contributed by atoms with Crippen LogP contribution in [0.4, 0.5) is 0 Å². The van der Waals surface area contributed by atoms with Crippen LogP contribution in [0.3, 0.4) is 0 Å². The summed E-state index contributed by atoms with van der Waals surface area (Å²) in [5, 5.41) is 0. The smallest absolute Gasteiger partial charge is 0.194 e. The molecule has 2 saturated heterocycles. The van der Waals surface area contributed by atoms with Crippen LogP contribution in [0.1, 0.15) is 68.7 Å². The van der Waals surface area contributed by atoms with Crippen molar-refractivity contribution in [3.8, 4) is 0 Å². The molecule has 3 fully saturated rings. The zero-order valence-electron chi connectivity index (χ0n) is 14.9. The van der Waals surface area contributed by atoms with E-state index in [4.69, 9.17) is 19.6 Å². The molecule has 0 bridgehead atoms. The molecule has 2 aliphatic heterocycles. The monoisotopic (exact) mass is 298 g/mol. The maximum Gasteiger partial charge on any atom is 0.251 e. The SMILES string of the molecule is CC1CC(C(C)(C)C)(C(C)(C)C)C2(OO2)C(C)(C)C12OO2. The first kappa shape index (κ1) is 15.7. The molecule has 122 valence electrons. The van der Waals surface area contributed by atoms with Crippen molar-refractivity contribution < 1.29 is 19.6 Å². The lowest BCUT2D eigenvalue weighted by molar-refractivity contribution is -0.225. The van der Waals surface area contributed by atoms with Crippen LogP contribution in [-0.2, 0) is 19.6 Å². The molecule has 3 rings (SSSR count). The van der Waals surface area contributed by atoms with Gasteiger partial charge in [-0.3, -0.25) is 0 Å². The lowest BCUT2D eigenvalue weighted by atomic mass is 9.40. The van der Waals surface area contributed by atoms with Crippen LogP contribution >= 0.6 is 0 Å². The zero-order valence-corrected chi connectivity index (χ0v) is 14.9. The highest BCUT2D eigenvalue weighted by molar-refractivity contribution is 5.23. The van der Waals surface area contributed by atoms with Gasteiger partial charge in [0.25, 0.3) is 5.79 Å². The molecule has 3 aliphatic rings. The highest BCUT2D eigenvalue weighted by atomic mass is 17.4. The zero-order chi connectivity index (χ0) is 16.1. The van der Waals surface area contributed by atoms with Crippen molar-refractivity contribution in [3.05, 3.63) is 0 Å². The molecule has 0 radical (unpaired) electrons. The van der Waals surface area contributed by atoms with Crippen molar-refractivity contribution >= 4 is 0 Å². The second-order valence-electron chi connectivity index (χ2n) is 9.75. The first-order valence-electron chi connectivity index (χ1n) is 8.03. The van der Waals surface area contributed by atoms with E-state index in [1.54, 1.807) is 0 Å². The normalized spacial score (nSPS) is 35.0. The Kier molecular flexibility index (Phi) is 2.74. The minimum absolute atomic E-state index is 0.0176. The van der Waals surface area contributed by atoms with E-state index in [0.29, 0.717) is 0 Å². The Balaban J connectivity index is 2.23. The molecule has 21 heavy (non-hydrogen) atoms. The molecule has 0 aromatic rings. The topological polar surface area (TPSA) is 50.1 Å². The molecular formula is C17H30O4. The van der Waals surface area contributed by atoms with Crippen LogP contribution in [0.5, 0.6) is 0 Å². The van der Waals surface area contributed by atoms with E-state index < -0.39 is 11.6 Å². The van der Waals surface area contributed by atoms with Crippen LogP contribution in [0.25, 0.3) is 0 Å². The van der Waals surface area contributed by atoms with Gasteiger partial charge in [0.15, 0.2) is 0 Å². The van der Waals surface area contributed by atoms with Crippen LogP contribution in [0.2, 0.25) is 0 Å². The van der Waals surface area contributed by atoms with Gasteiger partial charge in [0.2, 0.25) is 5.79 Å². The van der Waals surface area contributed by atoms with Gasteiger partial charge in [0, 0.05) is 11.3 Å². The molecule has 0 N–H and O–H groups in total. The van der Waals surface area contributed by atoms with Gasteiger partial charge in [0.1, 0.15) is 0 Å². The first-order chi connectivity index (χ1) is 9.29. The summed E-state index contributed by atoms with van der Waals surface area (Å²) in [5.74, 6) is -0.965. The van der Waals surface area contributed by atoms with Crippen LogP contribution < -0.4 is 0 Å². The predicted octanol–water partition coefficient (Wildman–Crippen LogP) is 4.45. The Labute approximate surface area is 128 Å². The van der Waals surface area contributed by atoms with Crippen LogP contribution in [0, 0.1) is 27.6 Å². The molecular weight excluding hydrogens is 268 g/mol. The van der Waals surface area contributed by atoms with E-state index in [2.05, 4.69) is 62.3 Å². The predicted molar refractivity (Wildman–Crippen MR) is 78.7 cm³/mol. The molecule has 2 heterocycles. The summed E-state index contributed by atoms with van der Waals surface area (Å²) in [6.45, 7) is 20.3. The average Bonchev–Trinajstić information content (AvgIpc) is 3.10. The molecule has 1 saturated carbocycles. The summed E-state index contributed by atoms with van der Waals surface area (Å²) in [6.07, 6.45) is 0.948. The summed E-state index contributed by atoms with van der Waals surface area (Å²) in [4.78, 5) is 22.6. The second-order valence-corrected chi connectivity index (χ2v) is 9.75. The van der Waals surface area contributed by atoms with Gasteiger partial charge in [-0.25, -0.2) is 0 Å². The van der Waals surface area contributed by atoms with E-state index in [1.165, 1.54) is 0 Å². The third-order valence-corrected chi connectivity index (χ3v) is 6.59. The van der Waals surface area contributed by atoms with Gasteiger partial charge in [0.05, 0.1) is 5.41 Å². The van der Waals surface area contributed by atoms with Gasteiger partial charge in [-0.15, -0.1) is 0 Å². The molecule has 4 nitrogen and oxygen atoms in total. The first-order valence-corrected chi connectivity index (χ1v) is 8.03. The lowest BCUT2D eigenvalue weighted by Gasteiger charge is -2.62. The van der Waals surface area contributed by atoms with Crippen molar-refractivity contribution in [1.29, 1.82) is 0 Å². The van der Waals surface area contributed by atoms with Gasteiger partial charge in [-0.2, -0.15) is 19.6 Å². The van der Waals surface area contributed by atoms with Gasteiger partial charge < -0.3 is 0 Å². The highest BCUT2D eigenvalue weighted by Gasteiger charge is 2.89. The molecule has 1 atom stereocenters. The van der Waals surface area contributed by atoms with Crippen molar-refractivity contribution in [2.24, 2.45) is 27.6 Å². The highest BCUT2D eigenvalue weighted by Crippen LogP contribution is 2.79. The van der Waals surface area contributed by atoms with Crippen molar-refractivity contribution in [3.63, 3.8) is 0 Å². The Bertz CT molecular complexity index is 444. The summed E-state index contributed by atoms with van der Waals surface area (Å²) >= 11 is 0. The van der Waals surface area contributed by atoms with Gasteiger partial charge in [-0.05, 0) is 31.1 Å². The Morgan fingerprint density at radius 1 is 0.810 bits per heavy atom. The van der Waals surface area contributed by atoms with Crippen molar-refractivity contribution in [1.82, 2.24) is 0 Å². The fourth-order valence-electron chi connectivity index (χ4n) is 5.64. The maximum absolute atomic E-state index is 5.79. The molecule has 0 aromatic carbocycles. The van der Waals surface area contributed by atoms with E-state index in [9.17, 15) is 0 Å². The van der Waals surface area contributed by atoms with E-state index >= 15 is 0 Å². The minimum Gasteiger partial charge on any atom is -0.194 e. The quantitative estimate of drug-likeness (QED) is 0.490. The third kappa shape index (κ3) is 1.46. The van der Waals surface area contributed by atoms with Crippen molar-refractivity contribution in [2.75, 3.05) is 0 Å². The van der Waals surface area contributed by atoms with E-state index in [0.717, 1.165) is 6.42 Å². The molecule has 2 spiro atoms. The standard InChI is InChI=1S/C17H30O4/c1-11-10-15(12(2,3)4,13(5,6)7)17(20-21-17)14(8,9)16(11)18-19-16/h11H,10H2,1-9H3. The van der Waals surface area contributed by atoms with E-state index in [1.807, 2.05) is 0 Å². The number of hydrogen-bond acceptors (Lipinski definition) is 4. The Morgan fingerprint density at radius 2 is 1.24 bits per heavy atom. The Hall–Kier alpha value is -0.160. The van der Waals surface area contributed by atoms with Crippen molar-refractivity contribution in [2.45, 2.75) is 80.3 Å². The van der Waals surface area contributed by atoms with Crippen LogP contribution in [0.15, 0.2) is 0 Å². The fourth-order valence-corrected chi connectivity index (χ4v) is 5.64. The van der Waals surface area contributed by atoms with Crippen LogP contribution in [-0.4, -0.2) is 11.6 Å². The maximum atomic E-state index is 5.79.